The molecule has 0 unspecified atom stereocenters. The fourth-order valence-electron chi connectivity index (χ4n) is 1.54. The highest BCUT2D eigenvalue weighted by molar-refractivity contribution is 5.93. The van der Waals surface area contributed by atoms with E-state index >= 15 is 0 Å². The number of benzene rings is 1. The minimum absolute atomic E-state index is 0.0356. The summed E-state index contributed by atoms with van der Waals surface area (Å²) >= 11 is 0. The van der Waals surface area contributed by atoms with Crippen molar-refractivity contribution in [3.63, 3.8) is 0 Å². The van der Waals surface area contributed by atoms with E-state index < -0.39 is 5.97 Å². The van der Waals surface area contributed by atoms with Crippen LogP contribution in [0.3, 0.4) is 0 Å². The lowest BCUT2D eigenvalue weighted by atomic mass is 10.2. The number of rotatable bonds is 4. The normalized spacial score (nSPS) is 10.4. The van der Waals surface area contributed by atoms with Gasteiger partial charge in [-0.2, -0.15) is 0 Å². The van der Waals surface area contributed by atoms with Crippen LogP contribution in [0.1, 0.15) is 6.42 Å². The van der Waals surface area contributed by atoms with Crippen LogP contribution in [-0.2, 0) is 4.79 Å². The number of carboxylic acid groups (broad SMARTS) is 1. The maximum Gasteiger partial charge on any atom is 0.306 e. The number of nitrogen functional groups attached to an aromatic ring is 1. The zero-order valence-corrected chi connectivity index (χ0v) is 9.09. The molecule has 0 bridgehead atoms. The third-order valence-corrected chi connectivity index (χ3v) is 2.33. The van der Waals surface area contributed by atoms with E-state index in [0.717, 1.165) is 5.39 Å². The van der Waals surface area contributed by atoms with E-state index in [2.05, 4.69) is 4.98 Å². The average molecular weight is 232 g/mol. The molecule has 0 aliphatic carbocycles. The fraction of sp³-hybridized carbons (Fsp3) is 0.167. The molecule has 5 heteroatoms. The van der Waals surface area contributed by atoms with Gasteiger partial charge in [-0.25, -0.2) is 0 Å². The predicted molar refractivity (Wildman–Crippen MR) is 63.9 cm³/mol. The second-order valence-corrected chi connectivity index (χ2v) is 3.54. The van der Waals surface area contributed by atoms with E-state index in [1.54, 1.807) is 24.4 Å². The maximum atomic E-state index is 10.4. The Bertz CT molecular complexity index is 554. The summed E-state index contributed by atoms with van der Waals surface area (Å²) in [6.45, 7) is 0.128. The lowest BCUT2D eigenvalue weighted by Gasteiger charge is -2.09. The Labute approximate surface area is 97.8 Å². The second-order valence-electron chi connectivity index (χ2n) is 3.54. The Morgan fingerprint density at radius 3 is 3.00 bits per heavy atom. The molecule has 0 amide bonds. The summed E-state index contributed by atoms with van der Waals surface area (Å²) in [5, 5.41) is 9.33. The second kappa shape index (κ2) is 4.69. The molecule has 3 N–H and O–H groups in total. The molecule has 88 valence electrons. The molecule has 5 nitrogen and oxygen atoms in total. The Morgan fingerprint density at radius 1 is 1.41 bits per heavy atom. The third kappa shape index (κ3) is 2.44. The molecule has 17 heavy (non-hydrogen) atoms. The van der Waals surface area contributed by atoms with Gasteiger partial charge in [0, 0.05) is 11.6 Å². The van der Waals surface area contributed by atoms with Gasteiger partial charge in [0.15, 0.2) is 0 Å². The number of hydrogen-bond donors (Lipinski definition) is 2. The summed E-state index contributed by atoms with van der Waals surface area (Å²) in [6.07, 6.45) is 1.62. The number of anilines is 1. The Balaban J connectivity index is 2.28. The van der Waals surface area contributed by atoms with Crippen molar-refractivity contribution in [1.29, 1.82) is 0 Å². The summed E-state index contributed by atoms with van der Waals surface area (Å²) in [4.78, 5) is 14.6. The highest BCUT2D eigenvalue weighted by atomic mass is 16.5. The molecule has 1 aromatic heterocycles. The number of pyridine rings is 1. The van der Waals surface area contributed by atoms with Gasteiger partial charge in [0.2, 0.25) is 0 Å². The van der Waals surface area contributed by atoms with E-state index in [0.29, 0.717) is 17.0 Å². The minimum atomic E-state index is -0.886. The Hall–Kier alpha value is -2.30. The molecule has 0 aliphatic rings. The number of hydrogen-bond acceptors (Lipinski definition) is 4. The molecule has 0 aliphatic heterocycles. The maximum absolute atomic E-state index is 10.4. The number of aliphatic carboxylic acids is 1. The molecular formula is C12H12N2O3. The topological polar surface area (TPSA) is 85.4 Å². The first-order valence-corrected chi connectivity index (χ1v) is 5.16. The summed E-state index contributed by atoms with van der Waals surface area (Å²) in [6, 6.07) is 7.05. The number of ether oxygens (including phenoxy) is 1. The molecule has 0 radical (unpaired) electrons. The van der Waals surface area contributed by atoms with Crippen LogP contribution in [0.4, 0.5) is 5.69 Å². The molecule has 0 atom stereocenters. The van der Waals surface area contributed by atoms with Crippen LogP contribution in [0.5, 0.6) is 5.75 Å². The van der Waals surface area contributed by atoms with Crippen molar-refractivity contribution in [3.8, 4) is 5.75 Å². The number of nitrogens with two attached hydrogens (primary N) is 1. The first kappa shape index (κ1) is 11.2. The highest BCUT2D eigenvalue weighted by Gasteiger charge is 2.06. The standard InChI is InChI=1S/C12H12N2O3/c13-9-3-4-10(17-7-5-11(15)16)8-2-1-6-14-12(8)9/h1-4,6H,5,7,13H2,(H,15,16). The van der Waals surface area contributed by atoms with E-state index in [1.165, 1.54) is 0 Å². The van der Waals surface area contributed by atoms with Crippen molar-refractivity contribution < 1.29 is 14.6 Å². The monoisotopic (exact) mass is 232 g/mol. The van der Waals surface area contributed by atoms with Crippen LogP contribution in [0.15, 0.2) is 30.5 Å². The number of fused-ring (bicyclic) bond motifs is 1. The fourth-order valence-corrected chi connectivity index (χ4v) is 1.54. The first-order valence-electron chi connectivity index (χ1n) is 5.16. The van der Waals surface area contributed by atoms with E-state index in [4.69, 9.17) is 15.6 Å². The van der Waals surface area contributed by atoms with Gasteiger partial charge in [-0.1, -0.05) is 0 Å². The number of nitrogens with zero attached hydrogens (tertiary/aromatic N) is 1. The van der Waals surface area contributed by atoms with Crippen molar-refractivity contribution in [3.05, 3.63) is 30.5 Å². The van der Waals surface area contributed by atoms with Crippen molar-refractivity contribution >= 4 is 22.6 Å². The minimum Gasteiger partial charge on any atom is -0.492 e. The third-order valence-electron chi connectivity index (χ3n) is 2.33. The van der Waals surface area contributed by atoms with Gasteiger partial charge in [0.1, 0.15) is 5.75 Å². The zero-order valence-electron chi connectivity index (χ0n) is 9.09. The van der Waals surface area contributed by atoms with Crippen LogP contribution in [0.25, 0.3) is 10.9 Å². The predicted octanol–water partition coefficient (Wildman–Crippen LogP) is 1.67. The summed E-state index contributed by atoms with van der Waals surface area (Å²) in [5.74, 6) is -0.286. The van der Waals surface area contributed by atoms with Crippen molar-refractivity contribution in [1.82, 2.24) is 4.98 Å². The van der Waals surface area contributed by atoms with Gasteiger partial charge in [0.05, 0.1) is 24.2 Å². The lowest BCUT2D eigenvalue weighted by molar-refractivity contribution is -0.137. The molecule has 0 saturated carbocycles. The molecule has 0 saturated heterocycles. The van der Waals surface area contributed by atoms with Crippen molar-refractivity contribution in [2.45, 2.75) is 6.42 Å². The molecular weight excluding hydrogens is 220 g/mol. The van der Waals surface area contributed by atoms with Gasteiger partial charge in [-0.3, -0.25) is 9.78 Å². The molecule has 1 aromatic carbocycles. The molecule has 0 spiro atoms. The molecule has 2 rings (SSSR count). The molecule has 1 heterocycles. The van der Waals surface area contributed by atoms with Crippen LogP contribution in [0, 0.1) is 0 Å². The number of carboxylic acids is 1. The Morgan fingerprint density at radius 2 is 2.24 bits per heavy atom. The van der Waals surface area contributed by atoms with Gasteiger partial charge in [0.25, 0.3) is 0 Å². The van der Waals surface area contributed by atoms with Crippen LogP contribution >= 0.6 is 0 Å². The number of carbonyl (C=O) groups is 1. The number of aromatic nitrogens is 1. The summed E-state index contributed by atoms with van der Waals surface area (Å²) in [5.41, 5.74) is 7.03. The lowest BCUT2D eigenvalue weighted by Crippen LogP contribution is -2.05. The smallest absolute Gasteiger partial charge is 0.306 e. The Kier molecular flexibility index (Phi) is 3.09. The van der Waals surface area contributed by atoms with Gasteiger partial charge < -0.3 is 15.6 Å². The van der Waals surface area contributed by atoms with Crippen LogP contribution < -0.4 is 10.5 Å². The SMILES string of the molecule is Nc1ccc(OCCC(=O)O)c2cccnc12. The molecule has 2 aromatic rings. The summed E-state index contributed by atoms with van der Waals surface area (Å²) < 4.78 is 5.41. The van der Waals surface area contributed by atoms with Crippen LogP contribution in [0.2, 0.25) is 0 Å². The first-order chi connectivity index (χ1) is 8.18. The van der Waals surface area contributed by atoms with E-state index in [9.17, 15) is 4.79 Å². The molecule has 0 fully saturated rings. The average Bonchev–Trinajstić information content (AvgIpc) is 2.32. The van der Waals surface area contributed by atoms with Crippen molar-refractivity contribution in [2.75, 3.05) is 12.3 Å². The summed E-state index contributed by atoms with van der Waals surface area (Å²) in [7, 11) is 0. The van der Waals surface area contributed by atoms with Gasteiger partial charge >= 0.3 is 5.97 Å². The zero-order chi connectivity index (χ0) is 12.3. The highest BCUT2D eigenvalue weighted by Crippen LogP contribution is 2.28. The van der Waals surface area contributed by atoms with Gasteiger partial charge in [-0.05, 0) is 24.3 Å². The van der Waals surface area contributed by atoms with Gasteiger partial charge in [-0.15, -0.1) is 0 Å². The quantitative estimate of drug-likeness (QED) is 0.783. The van der Waals surface area contributed by atoms with Crippen LogP contribution in [-0.4, -0.2) is 22.7 Å². The van der Waals surface area contributed by atoms with Crippen molar-refractivity contribution in [2.24, 2.45) is 0 Å². The van der Waals surface area contributed by atoms with E-state index in [-0.39, 0.29) is 13.0 Å². The largest absolute Gasteiger partial charge is 0.492 e. The van der Waals surface area contributed by atoms with E-state index in [1.807, 2.05) is 6.07 Å².